The smallest absolute Gasteiger partial charge is 0.229 e. The number of amides is 2. The van der Waals surface area contributed by atoms with Crippen molar-refractivity contribution in [3.8, 4) is 0 Å². The van der Waals surface area contributed by atoms with Crippen LogP contribution in [0.4, 0.5) is 0 Å². The second-order valence-corrected chi connectivity index (χ2v) is 7.65. The van der Waals surface area contributed by atoms with Crippen LogP contribution in [0, 0.1) is 11.8 Å². The number of aromatic amines is 1. The van der Waals surface area contributed by atoms with Gasteiger partial charge in [0.15, 0.2) is 0 Å². The van der Waals surface area contributed by atoms with Gasteiger partial charge in [0, 0.05) is 26.1 Å². The van der Waals surface area contributed by atoms with Crippen LogP contribution < -0.4 is 5.73 Å². The molecule has 5 heterocycles. The van der Waals surface area contributed by atoms with E-state index in [4.69, 9.17) is 10.5 Å². The van der Waals surface area contributed by atoms with Crippen LogP contribution in [0.3, 0.4) is 0 Å². The molecule has 8 nitrogen and oxygen atoms in total. The molecular formula is C17H23N5O3. The molecule has 3 N–H and O–H groups in total. The zero-order chi connectivity index (χ0) is 17.2. The van der Waals surface area contributed by atoms with E-state index in [1.807, 2.05) is 4.90 Å². The monoisotopic (exact) mass is 345 g/mol. The summed E-state index contributed by atoms with van der Waals surface area (Å²) in [7, 11) is 0. The first-order valence-corrected chi connectivity index (χ1v) is 9.09. The topological polar surface area (TPSA) is 105 Å². The maximum atomic E-state index is 13.3. The Hall–Kier alpha value is -1.93. The van der Waals surface area contributed by atoms with E-state index < -0.39 is 5.60 Å². The molecule has 0 saturated carbocycles. The Labute approximate surface area is 145 Å². The van der Waals surface area contributed by atoms with Gasteiger partial charge in [0.2, 0.25) is 11.8 Å². The first kappa shape index (κ1) is 15.3. The van der Waals surface area contributed by atoms with Crippen LogP contribution in [0.15, 0.2) is 6.33 Å². The van der Waals surface area contributed by atoms with E-state index in [0.717, 1.165) is 30.7 Å². The van der Waals surface area contributed by atoms with Crippen molar-refractivity contribution >= 4 is 11.8 Å². The minimum absolute atomic E-state index is 0.0465. The quantitative estimate of drug-likeness (QED) is 0.751. The second-order valence-electron chi connectivity index (χ2n) is 7.65. The molecule has 4 atom stereocenters. The van der Waals surface area contributed by atoms with Crippen molar-refractivity contribution < 1.29 is 14.3 Å². The van der Waals surface area contributed by atoms with Gasteiger partial charge in [-0.2, -0.15) is 0 Å². The van der Waals surface area contributed by atoms with Crippen molar-refractivity contribution in [3.05, 3.63) is 17.7 Å². The highest BCUT2D eigenvalue weighted by Crippen LogP contribution is 2.55. The Bertz CT molecular complexity index is 734. The van der Waals surface area contributed by atoms with Gasteiger partial charge in [-0.3, -0.25) is 9.59 Å². The van der Waals surface area contributed by atoms with E-state index >= 15 is 0 Å². The van der Waals surface area contributed by atoms with Crippen molar-refractivity contribution in [2.45, 2.75) is 37.5 Å². The maximum Gasteiger partial charge on any atom is 0.229 e. The molecule has 0 aromatic carbocycles. The van der Waals surface area contributed by atoms with Gasteiger partial charge in [-0.05, 0) is 12.8 Å². The number of hydrogen-bond donors (Lipinski definition) is 2. The number of rotatable bonds is 3. The molecule has 0 unspecified atom stereocenters. The van der Waals surface area contributed by atoms with E-state index in [0.29, 0.717) is 32.7 Å². The lowest BCUT2D eigenvalue weighted by molar-refractivity contribution is -0.144. The summed E-state index contributed by atoms with van der Waals surface area (Å²) >= 11 is 0. The van der Waals surface area contributed by atoms with Gasteiger partial charge in [-0.15, -0.1) is 0 Å². The minimum Gasteiger partial charge on any atom is -0.368 e. The lowest BCUT2D eigenvalue weighted by Crippen LogP contribution is -2.48. The molecular weight excluding hydrogens is 322 g/mol. The van der Waals surface area contributed by atoms with Gasteiger partial charge in [0.05, 0.1) is 54.3 Å². The number of nitrogens with one attached hydrogen (secondary N) is 1. The van der Waals surface area contributed by atoms with Gasteiger partial charge in [-0.25, -0.2) is 4.98 Å². The van der Waals surface area contributed by atoms with Crippen LogP contribution in [0.1, 0.15) is 24.2 Å². The number of likely N-dealkylation sites (tertiary alicyclic amines) is 1. The zero-order valence-corrected chi connectivity index (χ0v) is 14.1. The molecule has 2 bridgehead atoms. The highest BCUT2D eigenvalue weighted by atomic mass is 16.5. The molecule has 8 heteroatoms. The summed E-state index contributed by atoms with van der Waals surface area (Å²) in [6, 6.07) is 0. The number of aromatic nitrogens is 2. The molecule has 0 radical (unpaired) electrons. The third kappa shape index (κ3) is 2.04. The number of ether oxygens (including phenoxy) is 1. The standard InChI is InChI=1S/C17H23N5O3/c18-4-6-22-8-17-3-1-12(25-17)13(14(17)16(22)24)15(23)21-5-2-10-11(7-21)20-9-19-10/h9,12-14H,1-8,18H2,(H,19,20)/t12-,13-,14+,17-/m0/s1. The Kier molecular flexibility index (Phi) is 3.24. The Morgan fingerprint density at radius 2 is 2.40 bits per heavy atom. The molecule has 4 aliphatic heterocycles. The first-order chi connectivity index (χ1) is 12.1. The van der Waals surface area contributed by atoms with Crippen LogP contribution in [0.5, 0.6) is 0 Å². The molecule has 0 aliphatic carbocycles. The lowest BCUT2D eigenvalue weighted by atomic mass is 9.72. The Morgan fingerprint density at radius 3 is 3.24 bits per heavy atom. The zero-order valence-electron chi connectivity index (χ0n) is 14.1. The van der Waals surface area contributed by atoms with Crippen LogP contribution in [0.2, 0.25) is 0 Å². The number of fused-ring (bicyclic) bond motifs is 2. The highest BCUT2D eigenvalue weighted by molar-refractivity contribution is 5.92. The molecule has 2 amide bonds. The summed E-state index contributed by atoms with van der Waals surface area (Å²) in [6.07, 6.45) is 4.04. The summed E-state index contributed by atoms with van der Waals surface area (Å²) in [4.78, 5) is 37.3. The van der Waals surface area contributed by atoms with Crippen LogP contribution in [-0.4, -0.2) is 69.5 Å². The van der Waals surface area contributed by atoms with Gasteiger partial charge in [0.1, 0.15) is 0 Å². The average Bonchev–Trinajstić information content (AvgIpc) is 3.35. The van der Waals surface area contributed by atoms with Crippen LogP contribution >= 0.6 is 0 Å². The summed E-state index contributed by atoms with van der Waals surface area (Å²) in [6.45, 7) is 2.75. The number of imidazole rings is 1. The summed E-state index contributed by atoms with van der Waals surface area (Å²) in [5, 5.41) is 0. The Balaban J connectivity index is 1.41. The van der Waals surface area contributed by atoms with Gasteiger partial charge < -0.3 is 25.3 Å². The van der Waals surface area contributed by atoms with Crippen molar-refractivity contribution in [2.24, 2.45) is 17.6 Å². The van der Waals surface area contributed by atoms with Gasteiger partial charge in [0.25, 0.3) is 0 Å². The van der Waals surface area contributed by atoms with Crippen molar-refractivity contribution in [1.82, 2.24) is 19.8 Å². The Morgan fingerprint density at radius 1 is 1.52 bits per heavy atom. The number of nitrogens with zero attached hydrogens (tertiary/aromatic N) is 3. The van der Waals surface area contributed by atoms with Gasteiger partial charge >= 0.3 is 0 Å². The molecule has 1 aromatic heterocycles. The molecule has 1 spiro atoms. The van der Waals surface area contributed by atoms with Crippen molar-refractivity contribution in [2.75, 3.05) is 26.2 Å². The molecule has 25 heavy (non-hydrogen) atoms. The maximum absolute atomic E-state index is 13.3. The first-order valence-electron chi connectivity index (χ1n) is 9.09. The predicted octanol–water partition coefficient (Wildman–Crippen LogP) is -0.741. The van der Waals surface area contributed by atoms with Crippen LogP contribution in [-0.2, 0) is 27.3 Å². The average molecular weight is 345 g/mol. The molecule has 4 aliphatic rings. The van der Waals surface area contributed by atoms with Gasteiger partial charge in [-0.1, -0.05) is 0 Å². The highest BCUT2D eigenvalue weighted by Gasteiger charge is 2.69. The third-order valence-electron chi connectivity index (χ3n) is 6.37. The fraction of sp³-hybridized carbons (Fsp3) is 0.706. The largest absolute Gasteiger partial charge is 0.368 e. The van der Waals surface area contributed by atoms with Crippen molar-refractivity contribution in [3.63, 3.8) is 0 Å². The summed E-state index contributed by atoms with van der Waals surface area (Å²) in [5.41, 5.74) is 7.22. The molecule has 3 fully saturated rings. The van der Waals surface area contributed by atoms with E-state index in [1.54, 1.807) is 11.2 Å². The molecule has 5 rings (SSSR count). The molecule has 1 aromatic rings. The summed E-state index contributed by atoms with van der Waals surface area (Å²) < 4.78 is 6.24. The number of hydrogen-bond acceptors (Lipinski definition) is 5. The second kappa shape index (κ2) is 5.28. The molecule has 134 valence electrons. The fourth-order valence-electron chi connectivity index (χ4n) is 5.28. The summed E-state index contributed by atoms with van der Waals surface area (Å²) in [5.74, 6) is -0.591. The van der Waals surface area contributed by atoms with E-state index in [2.05, 4.69) is 9.97 Å². The normalized spacial score (nSPS) is 36.0. The molecule has 3 saturated heterocycles. The number of carbonyl (C=O) groups is 2. The number of nitrogens with two attached hydrogens (primary N) is 1. The SMILES string of the molecule is NCCN1C[C@]23CC[C@H](O2)[C@H](C(=O)N2CCc4nc[nH]c4C2)[C@@H]3C1=O. The fourth-order valence-corrected chi connectivity index (χ4v) is 5.28. The lowest BCUT2D eigenvalue weighted by Gasteiger charge is -2.33. The van der Waals surface area contributed by atoms with E-state index in [-0.39, 0.29) is 29.8 Å². The van der Waals surface area contributed by atoms with Crippen molar-refractivity contribution in [1.29, 1.82) is 0 Å². The number of H-pyrrole nitrogens is 1. The number of carbonyl (C=O) groups excluding carboxylic acids is 2. The van der Waals surface area contributed by atoms with Crippen LogP contribution in [0.25, 0.3) is 0 Å². The predicted molar refractivity (Wildman–Crippen MR) is 87.2 cm³/mol. The van der Waals surface area contributed by atoms with E-state index in [1.165, 1.54) is 0 Å². The third-order valence-corrected chi connectivity index (χ3v) is 6.37. The van der Waals surface area contributed by atoms with E-state index in [9.17, 15) is 9.59 Å². The minimum atomic E-state index is -0.466.